The molecule has 2 heterocycles. The molecular formula is C14H11BrN4O. The number of fused-ring (bicyclic) bond motifs is 1. The van der Waals surface area contributed by atoms with Gasteiger partial charge in [-0.15, -0.1) is 0 Å². The first-order valence-electron chi connectivity index (χ1n) is 6.02. The lowest BCUT2D eigenvalue weighted by atomic mass is 10.3. The third-order valence-corrected chi connectivity index (χ3v) is 3.29. The predicted octanol–water partition coefficient (Wildman–Crippen LogP) is 3.05. The topological polar surface area (TPSA) is 59.3 Å². The number of halogens is 1. The van der Waals surface area contributed by atoms with Crippen molar-refractivity contribution in [3.63, 3.8) is 0 Å². The standard InChI is InChI=1S/C14H11BrN4O/c1-9-7-13-16-6-5-12(19(13)18-9)14(20)17-11-4-2-3-10(15)8-11/h2-8H,1H3,(H,17,20). The first kappa shape index (κ1) is 12.8. The minimum absolute atomic E-state index is 0.224. The second-order valence-electron chi connectivity index (χ2n) is 4.35. The van der Waals surface area contributed by atoms with Gasteiger partial charge in [0.15, 0.2) is 5.65 Å². The van der Waals surface area contributed by atoms with Crippen LogP contribution in [0.3, 0.4) is 0 Å². The summed E-state index contributed by atoms with van der Waals surface area (Å²) >= 11 is 3.37. The van der Waals surface area contributed by atoms with Gasteiger partial charge >= 0.3 is 0 Å². The van der Waals surface area contributed by atoms with Crippen LogP contribution < -0.4 is 5.32 Å². The van der Waals surface area contributed by atoms with Gasteiger partial charge in [0.2, 0.25) is 0 Å². The second-order valence-corrected chi connectivity index (χ2v) is 5.27. The average Bonchev–Trinajstić information content (AvgIpc) is 2.78. The second kappa shape index (κ2) is 5.05. The maximum atomic E-state index is 12.3. The van der Waals surface area contributed by atoms with Crippen LogP contribution in [0.1, 0.15) is 16.2 Å². The third-order valence-electron chi connectivity index (χ3n) is 2.80. The molecule has 0 aliphatic rings. The molecule has 1 N–H and O–H groups in total. The molecule has 0 radical (unpaired) electrons. The fourth-order valence-corrected chi connectivity index (χ4v) is 2.34. The predicted molar refractivity (Wildman–Crippen MR) is 79.8 cm³/mol. The summed E-state index contributed by atoms with van der Waals surface area (Å²) in [5, 5.41) is 7.12. The fourth-order valence-electron chi connectivity index (χ4n) is 1.94. The maximum absolute atomic E-state index is 12.3. The largest absolute Gasteiger partial charge is 0.321 e. The Labute approximate surface area is 123 Å². The van der Waals surface area contributed by atoms with Gasteiger partial charge in [-0.1, -0.05) is 22.0 Å². The number of aryl methyl sites for hydroxylation is 1. The molecule has 100 valence electrons. The highest BCUT2D eigenvalue weighted by atomic mass is 79.9. The van der Waals surface area contributed by atoms with E-state index in [9.17, 15) is 4.79 Å². The Balaban J connectivity index is 1.96. The van der Waals surface area contributed by atoms with E-state index in [0.717, 1.165) is 15.9 Å². The molecule has 0 aliphatic carbocycles. The van der Waals surface area contributed by atoms with Crippen molar-refractivity contribution in [2.45, 2.75) is 6.92 Å². The fraction of sp³-hybridized carbons (Fsp3) is 0.0714. The van der Waals surface area contributed by atoms with E-state index in [1.807, 2.05) is 37.3 Å². The van der Waals surface area contributed by atoms with Gasteiger partial charge in [-0.3, -0.25) is 4.79 Å². The van der Waals surface area contributed by atoms with Gasteiger partial charge in [0.05, 0.1) is 5.69 Å². The van der Waals surface area contributed by atoms with E-state index in [4.69, 9.17) is 0 Å². The van der Waals surface area contributed by atoms with Crippen molar-refractivity contribution in [2.24, 2.45) is 0 Å². The van der Waals surface area contributed by atoms with Crippen LogP contribution in [0.25, 0.3) is 5.65 Å². The number of nitrogens with one attached hydrogen (secondary N) is 1. The van der Waals surface area contributed by atoms with Crippen LogP contribution in [0.4, 0.5) is 5.69 Å². The zero-order chi connectivity index (χ0) is 14.1. The lowest BCUT2D eigenvalue weighted by Gasteiger charge is -2.06. The highest BCUT2D eigenvalue weighted by Gasteiger charge is 2.12. The minimum atomic E-state index is -0.224. The van der Waals surface area contributed by atoms with Crippen LogP contribution in [-0.2, 0) is 0 Å². The van der Waals surface area contributed by atoms with Crippen LogP contribution >= 0.6 is 15.9 Å². The molecule has 0 fully saturated rings. The molecule has 1 aromatic carbocycles. The molecule has 3 aromatic rings. The highest BCUT2D eigenvalue weighted by molar-refractivity contribution is 9.10. The van der Waals surface area contributed by atoms with Crippen LogP contribution in [-0.4, -0.2) is 20.5 Å². The number of hydrogen-bond acceptors (Lipinski definition) is 3. The molecule has 0 bridgehead atoms. The van der Waals surface area contributed by atoms with Gasteiger partial charge in [-0.05, 0) is 31.2 Å². The molecule has 2 aromatic heterocycles. The summed E-state index contributed by atoms with van der Waals surface area (Å²) in [5.74, 6) is -0.224. The summed E-state index contributed by atoms with van der Waals surface area (Å²) in [7, 11) is 0. The number of rotatable bonds is 2. The summed E-state index contributed by atoms with van der Waals surface area (Å²) in [6.45, 7) is 1.87. The molecular weight excluding hydrogens is 320 g/mol. The van der Waals surface area contributed by atoms with E-state index >= 15 is 0 Å². The van der Waals surface area contributed by atoms with E-state index < -0.39 is 0 Å². The van der Waals surface area contributed by atoms with E-state index in [0.29, 0.717) is 11.3 Å². The molecule has 20 heavy (non-hydrogen) atoms. The number of nitrogens with zero attached hydrogens (tertiary/aromatic N) is 3. The monoisotopic (exact) mass is 330 g/mol. The smallest absolute Gasteiger partial charge is 0.274 e. The zero-order valence-corrected chi connectivity index (χ0v) is 12.3. The zero-order valence-electron chi connectivity index (χ0n) is 10.7. The summed E-state index contributed by atoms with van der Waals surface area (Å²) < 4.78 is 2.45. The number of carbonyl (C=O) groups excluding carboxylic acids is 1. The maximum Gasteiger partial charge on any atom is 0.274 e. The van der Waals surface area contributed by atoms with Crippen molar-refractivity contribution in [1.29, 1.82) is 0 Å². The number of hydrogen-bond donors (Lipinski definition) is 1. The number of amides is 1. The molecule has 6 heteroatoms. The van der Waals surface area contributed by atoms with E-state index in [1.165, 1.54) is 0 Å². The van der Waals surface area contributed by atoms with Gasteiger partial charge in [0.1, 0.15) is 5.69 Å². The number of anilines is 1. The molecule has 0 atom stereocenters. The lowest BCUT2D eigenvalue weighted by Crippen LogP contribution is -2.16. The quantitative estimate of drug-likeness (QED) is 0.785. The molecule has 0 spiro atoms. The lowest BCUT2D eigenvalue weighted by molar-refractivity contribution is 0.102. The molecule has 0 unspecified atom stereocenters. The van der Waals surface area contributed by atoms with Gasteiger partial charge in [-0.25, -0.2) is 9.50 Å². The summed E-state index contributed by atoms with van der Waals surface area (Å²) in [6, 6.07) is 10.9. The number of carbonyl (C=O) groups is 1. The summed E-state index contributed by atoms with van der Waals surface area (Å²) in [5.41, 5.74) is 2.64. The van der Waals surface area contributed by atoms with Crippen molar-refractivity contribution in [3.8, 4) is 0 Å². The van der Waals surface area contributed by atoms with Crippen LogP contribution in [0, 0.1) is 6.92 Å². The number of aromatic nitrogens is 3. The van der Waals surface area contributed by atoms with Gasteiger partial charge in [0.25, 0.3) is 5.91 Å². The number of benzene rings is 1. The molecule has 0 saturated carbocycles. The third kappa shape index (κ3) is 2.42. The van der Waals surface area contributed by atoms with Crippen molar-refractivity contribution in [3.05, 3.63) is 58.5 Å². The average molecular weight is 331 g/mol. The van der Waals surface area contributed by atoms with Crippen LogP contribution in [0.5, 0.6) is 0 Å². The van der Waals surface area contributed by atoms with Crippen LogP contribution in [0.2, 0.25) is 0 Å². The van der Waals surface area contributed by atoms with E-state index in [-0.39, 0.29) is 5.91 Å². The van der Waals surface area contributed by atoms with E-state index in [1.54, 1.807) is 16.8 Å². The molecule has 1 amide bonds. The normalized spacial score (nSPS) is 10.7. The van der Waals surface area contributed by atoms with Crippen molar-refractivity contribution < 1.29 is 4.79 Å². The molecule has 3 rings (SSSR count). The minimum Gasteiger partial charge on any atom is -0.321 e. The van der Waals surface area contributed by atoms with Gasteiger partial charge in [0, 0.05) is 22.4 Å². The Morgan fingerprint density at radius 1 is 1.30 bits per heavy atom. The SMILES string of the molecule is Cc1cc2nccc(C(=O)Nc3cccc(Br)c3)n2n1. The summed E-state index contributed by atoms with van der Waals surface area (Å²) in [6.07, 6.45) is 1.60. The van der Waals surface area contributed by atoms with Crippen LogP contribution in [0.15, 0.2) is 47.1 Å². The van der Waals surface area contributed by atoms with Crippen molar-refractivity contribution in [2.75, 3.05) is 5.32 Å². The highest BCUT2D eigenvalue weighted by Crippen LogP contribution is 2.16. The first-order valence-corrected chi connectivity index (χ1v) is 6.81. The summed E-state index contributed by atoms with van der Waals surface area (Å²) in [4.78, 5) is 16.5. The van der Waals surface area contributed by atoms with E-state index in [2.05, 4.69) is 31.3 Å². The first-order chi connectivity index (χ1) is 9.63. The molecule has 5 nitrogen and oxygen atoms in total. The molecule has 0 saturated heterocycles. The Kier molecular flexibility index (Phi) is 3.23. The Bertz CT molecular complexity index is 797. The van der Waals surface area contributed by atoms with Gasteiger partial charge in [-0.2, -0.15) is 5.10 Å². The Morgan fingerprint density at radius 3 is 2.95 bits per heavy atom. The Hall–Kier alpha value is -2.21. The van der Waals surface area contributed by atoms with Gasteiger partial charge < -0.3 is 5.32 Å². The van der Waals surface area contributed by atoms with Crippen molar-refractivity contribution in [1.82, 2.24) is 14.6 Å². The van der Waals surface area contributed by atoms with Crippen molar-refractivity contribution >= 4 is 33.2 Å². The Morgan fingerprint density at radius 2 is 2.15 bits per heavy atom. The molecule has 0 aliphatic heterocycles.